The zero-order valence-electron chi connectivity index (χ0n) is 36.2. The van der Waals surface area contributed by atoms with Gasteiger partial charge in [-0.3, -0.25) is 4.98 Å². The second-order valence-corrected chi connectivity index (χ2v) is 26.3. The van der Waals surface area contributed by atoms with Gasteiger partial charge in [-0.2, -0.15) is 0 Å². The van der Waals surface area contributed by atoms with E-state index in [1.54, 1.807) is 12.3 Å². The predicted octanol–water partition coefficient (Wildman–Crippen LogP) is 13.2. The number of furan rings is 1. The van der Waals surface area contributed by atoms with E-state index in [-0.39, 0.29) is 20.1 Å². The summed E-state index contributed by atoms with van der Waals surface area (Å²) in [4.78, 5) is 14.4. The van der Waals surface area contributed by atoms with Gasteiger partial charge >= 0.3 is 99.8 Å². The molecule has 7 aromatic carbocycles. The SMILES string of the molecule is [2H]C([2H])([2H])c1ccc(-c2cnc3oc4c(-c5nc6ccccc6n5-c5cccc6ccccc56)[c-]ccc4c3c2)c2ccccc12.[CH3][Ge]([CH3])([CH3])[c]1ccc(-c2[c-]cccc2)nc1.[Ir]. The van der Waals surface area contributed by atoms with Crippen molar-refractivity contribution >= 4 is 72.3 Å². The summed E-state index contributed by atoms with van der Waals surface area (Å²) in [5.74, 6) is 7.87. The standard InChI is InChI=1S/C39H24N3O.C14H16GeN.Ir/c1-24-20-21-28(30-14-5-4-12-27(24)30)26-22-33-31-15-9-16-32(37(31)43-39(33)40-23-26)38-41-34-17-6-7-18-36(34)42(38)35-19-8-11-25-10-2-3-13-29(25)35;1-15(2,3)13-9-10-14(16-11-13)12-7-5-4-6-8-12;/h2-15,17-23H,1H3;4-7,9-11H,1-3H3;/q2*-1;/i1D3;;. The molecule has 0 aliphatic carbocycles. The van der Waals surface area contributed by atoms with Gasteiger partial charge in [0.25, 0.3) is 0 Å². The Labute approximate surface area is 369 Å². The number of pyridine rings is 2. The van der Waals surface area contributed by atoms with Crippen LogP contribution in [0.1, 0.15) is 9.68 Å². The van der Waals surface area contributed by atoms with Crippen LogP contribution in [0, 0.1) is 19.0 Å². The van der Waals surface area contributed by atoms with E-state index in [9.17, 15) is 0 Å². The van der Waals surface area contributed by atoms with Crippen molar-refractivity contribution in [2.24, 2.45) is 0 Å². The molecule has 4 aromatic heterocycles. The van der Waals surface area contributed by atoms with Crippen LogP contribution >= 0.6 is 0 Å². The smallest absolute Gasteiger partial charge is 0 e. The van der Waals surface area contributed by atoms with E-state index in [2.05, 4.69) is 99.6 Å². The quantitative estimate of drug-likeness (QED) is 0.127. The number of benzene rings is 7. The van der Waals surface area contributed by atoms with Crippen molar-refractivity contribution in [2.45, 2.75) is 24.1 Å². The van der Waals surface area contributed by atoms with Gasteiger partial charge in [-0.1, -0.05) is 95.9 Å². The van der Waals surface area contributed by atoms with E-state index < -0.39 is 20.1 Å². The van der Waals surface area contributed by atoms with Crippen molar-refractivity contribution in [3.05, 3.63) is 188 Å². The summed E-state index contributed by atoms with van der Waals surface area (Å²) >= 11 is -1.72. The Hall–Kier alpha value is -6.18. The first-order chi connectivity index (χ1) is 30.0. The second-order valence-electron chi connectivity index (χ2n) is 15.7. The molecule has 11 rings (SSSR count). The van der Waals surface area contributed by atoms with Crippen LogP contribution in [-0.4, -0.2) is 32.8 Å². The topological polar surface area (TPSA) is 56.7 Å². The average molecular weight is 1020 g/mol. The average Bonchev–Trinajstić information content (AvgIpc) is 3.87. The maximum Gasteiger partial charge on any atom is 0 e. The van der Waals surface area contributed by atoms with Gasteiger partial charge < -0.3 is 8.98 Å². The summed E-state index contributed by atoms with van der Waals surface area (Å²) in [5, 5.41) is 5.60. The number of hydrogen-bond acceptors (Lipinski definition) is 4. The normalized spacial score (nSPS) is 12.5. The van der Waals surface area contributed by atoms with E-state index in [0.717, 1.165) is 77.4 Å². The fourth-order valence-corrected chi connectivity index (χ4v) is 10.1. The Morgan fingerprint density at radius 1 is 0.650 bits per heavy atom. The summed E-state index contributed by atoms with van der Waals surface area (Å²) in [7, 11) is 0. The van der Waals surface area contributed by atoms with E-state index in [0.29, 0.717) is 22.2 Å². The number of para-hydroxylation sites is 2. The summed E-state index contributed by atoms with van der Waals surface area (Å²) in [6.45, 7) is -2.21. The molecule has 7 heteroatoms. The maximum absolute atomic E-state index is 8.04. The Kier molecular flexibility index (Phi) is 9.60. The number of nitrogens with zero attached hydrogens (tertiary/aromatic N) is 4. The largest absolute Gasteiger partial charge is 0 e. The van der Waals surface area contributed by atoms with E-state index in [1.807, 2.05) is 97.2 Å². The van der Waals surface area contributed by atoms with Crippen LogP contribution in [0.25, 0.3) is 94.1 Å². The van der Waals surface area contributed by atoms with E-state index in [1.165, 1.54) is 4.40 Å². The number of aromatic nitrogens is 4. The molecule has 0 atom stereocenters. The molecule has 0 saturated heterocycles. The maximum atomic E-state index is 8.04. The van der Waals surface area contributed by atoms with Crippen LogP contribution < -0.4 is 4.40 Å². The molecule has 0 aliphatic heterocycles. The predicted molar refractivity (Wildman–Crippen MR) is 247 cm³/mol. The molecular formula is C53H40GeIrN4O-2. The second kappa shape index (κ2) is 16.1. The first-order valence-electron chi connectivity index (χ1n) is 21.2. The molecule has 11 aromatic rings. The number of imidazole rings is 1. The minimum atomic E-state index is -2.21. The molecule has 0 fully saturated rings. The van der Waals surface area contributed by atoms with Gasteiger partial charge in [0.15, 0.2) is 0 Å². The minimum Gasteiger partial charge on any atom is 0 e. The van der Waals surface area contributed by atoms with Crippen molar-refractivity contribution in [1.29, 1.82) is 0 Å². The number of fused-ring (bicyclic) bond motifs is 6. The Bertz CT molecular complexity index is 3440. The van der Waals surface area contributed by atoms with Gasteiger partial charge in [0.05, 0.1) is 22.4 Å². The van der Waals surface area contributed by atoms with Crippen molar-refractivity contribution in [1.82, 2.24) is 19.5 Å². The molecule has 5 nitrogen and oxygen atoms in total. The monoisotopic (exact) mass is 1020 g/mol. The third kappa shape index (κ3) is 7.15. The number of hydrogen-bond donors (Lipinski definition) is 0. The first kappa shape index (κ1) is 35.7. The molecule has 0 unspecified atom stereocenters. The Morgan fingerprint density at radius 3 is 2.23 bits per heavy atom. The van der Waals surface area contributed by atoms with Crippen LogP contribution in [0.5, 0.6) is 0 Å². The third-order valence-corrected chi connectivity index (χ3v) is 15.2. The fraction of sp³-hybridized carbons (Fsp3) is 0.0755. The number of aryl methyl sites for hydroxylation is 1. The zero-order valence-corrected chi connectivity index (χ0v) is 37.7. The number of rotatable bonds is 5. The van der Waals surface area contributed by atoms with Crippen molar-refractivity contribution in [3.63, 3.8) is 0 Å². The van der Waals surface area contributed by atoms with Gasteiger partial charge in [-0.05, 0) is 58.4 Å². The summed E-state index contributed by atoms with van der Waals surface area (Å²) in [6.07, 6.45) is 3.83. The van der Waals surface area contributed by atoms with Crippen molar-refractivity contribution in [2.75, 3.05) is 0 Å². The van der Waals surface area contributed by atoms with Gasteiger partial charge in [0.2, 0.25) is 5.71 Å². The fourth-order valence-electron chi connectivity index (χ4n) is 7.88. The molecule has 60 heavy (non-hydrogen) atoms. The van der Waals surface area contributed by atoms with Gasteiger partial charge in [0, 0.05) is 52.4 Å². The minimum absolute atomic E-state index is 0. The molecule has 0 bridgehead atoms. The van der Waals surface area contributed by atoms with Crippen LogP contribution in [0.2, 0.25) is 17.3 Å². The van der Waals surface area contributed by atoms with E-state index >= 15 is 0 Å². The van der Waals surface area contributed by atoms with Crippen LogP contribution in [0.15, 0.2) is 175 Å². The molecule has 0 spiro atoms. The van der Waals surface area contributed by atoms with Gasteiger partial charge in [-0.15, -0.1) is 18.2 Å². The van der Waals surface area contributed by atoms with Crippen LogP contribution in [-0.2, 0) is 20.1 Å². The molecule has 1 radical (unpaired) electrons. The van der Waals surface area contributed by atoms with Crippen LogP contribution in [0.4, 0.5) is 0 Å². The Balaban J connectivity index is 0.000000251. The zero-order chi connectivity index (χ0) is 42.6. The molecule has 0 N–H and O–H groups in total. The molecule has 4 heterocycles. The summed E-state index contributed by atoms with van der Waals surface area (Å²) < 4.78 is 34.2. The first-order valence-corrected chi connectivity index (χ1v) is 27.0. The van der Waals surface area contributed by atoms with Gasteiger partial charge in [-0.25, -0.2) is 4.98 Å². The molecule has 0 amide bonds. The molecule has 0 aliphatic rings. The summed E-state index contributed by atoms with van der Waals surface area (Å²) in [5.41, 5.74) is 8.99. The molecule has 0 saturated carbocycles. The van der Waals surface area contributed by atoms with E-state index in [4.69, 9.17) is 18.5 Å². The molecular weight excluding hydrogens is 973 g/mol. The van der Waals surface area contributed by atoms with Crippen molar-refractivity contribution in [3.8, 4) is 39.5 Å². The van der Waals surface area contributed by atoms with Crippen LogP contribution in [0.3, 0.4) is 0 Å². The van der Waals surface area contributed by atoms with Gasteiger partial charge in [0.1, 0.15) is 0 Å². The third-order valence-electron chi connectivity index (χ3n) is 10.9. The van der Waals surface area contributed by atoms with Crippen molar-refractivity contribution < 1.29 is 28.6 Å². The Morgan fingerprint density at radius 2 is 1.43 bits per heavy atom. The molecule has 293 valence electrons. The summed E-state index contributed by atoms with van der Waals surface area (Å²) in [6, 6.07) is 58.9.